The molecule has 0 saturated carbocycles. The first-order chi connectivity index (χ1) is 14.0. The minimum Gasteiger partial charge on any atom is -0.404 e. The maximum atomic E-state index is 12.9. The predicted molar refractivity (Wildman–Crippen MR) is 116 cm³/mol. The van der Waals surface area contributed by atoms with E-state index in [9.17, 15) is 4.79 Å². The number of amides is 1. The van der Waals surface area contributed by atoms with Crippen molar-refractivity contribution in [1.29, 1.82) is 5.41 Å². The van der Waals surface area contributed by atoms with Crippen molar-refractivity contribution in [1.82, 2.24) is 20.3 Å². The van der Waals surface area contributed by atoms with Crippen LogP contribution >= 0.6 is 0 Å². The van der Waals surface area contributed by atoms with Gasteiger partial charge in [0, 0.05) is 54.8 Å². The number of imidazole rings is 1. The van der Waals surface area contributed by atoms with Gasteiger partial charge in [0.05, 0.1) is 28.8 Å². The number of carbonyl (C=O) groups is 1. The summed E-state index contributed by atoms with van der Waals surface area (Å²) in [5.74, 6) is -0.204. The average Bonchev–Trinajstić information content (AvgIpc) is 3.22. The molecule has 0 bridgehead atoms. The van der Waals surface area contributed by atoms with Crippen LogP contribution in [0.25, 0.3) is 16.5 Å². The topological polar surface area (TPSA) is 133 Å². The molecular weight excluding hydrogens is 366 g/mol. The third-order valence-electron chi connectivity index (χ3n) is 4.44. The molecule has 3 aromatic rings. The van der Waals surface area contributed by atoms with Crippen LogP contribution in [0.2, 0.25) is 0 Å². The fraction of sp³-hybridized carbons (Fsp3) is 0.238. The Morgan fingerprint density at radius 2 is 2.17 bits per heavy atom. The van der Waals surface area contributed by atoms with E-state index in [1.165, 1.54) is 12.4 Å². The van der Waals surface area contributed by atoms with Crippen molar-refractivity contribution >= 4 is 34.3 Å². The van der Waals surface area contributed by atoms with E-state index in [4.69, 9.17) is 11.1 Å². The fourth-order valence-corrected chi connectivity index (χ4v) is 3.04. The first kappa shape index (κ1) is 20.1. The summed E-state index contributed by atoms with van der Waals surface area (Å²) in [5, 5.41) is 14.7. The molecule has 3 rings (SSSR count). The lowest BCUT2D eigenvalue weighted by Crippen LogP contribution is -2.27. The maximum Gasteiger partial charge on any atom is 0.254 e. The molecule has 29 heavy (non-hydrogen) atoms. The van der Waals surface area contributed by atoms with Crippen LogP contribution in [0.4, 0.5) is 5.69 Å². The first-order valence-electron chi connectivity index (χ1n) is 9.41. The van der Waals surface area contributed by atoms with E-state index in [1.54, 1.807) is 12.5 Å². The minimum atomic E-state index is -0.204. The number of hydrogen-bond donors (Lipinski definition) is 5. The van der Waals surface area contributed by atoms with Crippen molar-refractivity contribution in [2.75, 3.05) is 11.9 Å². The van der Waals surface area contributed by atoms with E-state index >= 15 is 0 Å². The van der Waals surface area contributed by atoms with Gasteiger partial charge in [-0.2, -0.15) is 0 Å². The molecule has 150 valence electrons. The van der Waals surface area contributed by atoms with Crippen molar-refractivity contribution in [2.45, 2.75) is 26.3 Å². The number of carbonyl (C=O) groups excluding carboxylic acids is 1. The van der Waals surface area contributed by atoms with Crippen LogP contribution in [-0.2, 0) is 6.42 Å². The number of hydrogen-bond acceptors (Lipinski definition) is 6. The summed E-state index contributed by atoms with van der Waals surface area (Å²) in [7, 11) is 0. The third-order valence-corrected chi connectivity index (χ3v) is 4.44. The zero-order chi connectivity index (χ0) is 20.8. The number of aromatic amines is 1. The molecule has 0 atom stereocenters. The molecule has 1 amide bonds. The van der Waals surface area contributed by atoms with Gasteiger partial charge in [0.15, 0.2) is 0 Å². The molecule has 8 heteroatoms. The molecule has 0 spiro atoms. The van der Waals surface area contributed by atoms with Crippen molar-refractivity contribution in [3.05, 3.63) is 59.9 Å². The minimum absolute atomic E-state index is 0.118. The van der Waals surface area contributed by atoms with Gasteiger partial charge in [-0.05, 0) is 31.5 Å². The molecule has 2 aromatic heterocycles. The van der Waals surface area contributed by atoms with E-state index in [-0.39, 0.29) is 11.9 Å². The number of pyridine rings is 1. The SMILES string of the molecule is CC(C)Nc1c(C(=O)NCCc2c[nH]cn2)cnc2ccc(/C(C=N)=C/N)cc12. The van der Waals surface area contributed by atoms with Crippen molar-refractivity contribution in [3.63, 3.8) is 0 Å². The van der Waals surface area contributed by atoms with E-state index in [2.05, 4.69) is 25.6 Å². The van der Waals surface area contributed by atoms with Gasteiger partial charge in [0.1, 0.15) is 0 Å². The lowest BCUT2D eigenvalue weighted by atomic mass is 10.0. The highest BCUT2D eigenvalue weighted by Gasteiger charge is 2.17. The van der Waals surface area contributed by atoms with Crippen molar-refractivity contribution in [3.8, 4) is 0 Å². The molecule has 0 saturated heterocycles. The number of allylic oxidation sites excluding steroid dienone is 1. The number of nitrogens with zero attached hydrogens (tertiary/aromatic N) is 2. The summed E-state index contributed by atoms with van der Waals surface area (Å²) in [5.41, 5.74) is 9.85. The maximum absolute atomic E-state index is 12.9. The van der Waals surface area contributed by atoms with Crippen LogP contribution in [0.15, 0.2) is 43.1 Å². The number of benzene rings is 1. The second-order valence-electron chi connectivity index (χ2n) is 6.91. The van der Waals surface area contributed by atoms with Gasteiger partial charge in [-0.15, -0.1) is 0 Å². The molecule has 0 fully saturated rings. The molecule has 0 radical (unpaired) electrons. The normalized spacial score (nSPS) is 11.6. The van der Waals surface area contributed by atoms with Gasteiger partial charge < -0.3 is 26.8 Å². The van der Waals surface area contributed by atoms with E-state index in [1.807, 2.05) is 38.2 Å². The standard InChI is InChI=1S/C21H25N7O/c1-13(2)28-20-17-7-14(15(8-22)9-23)3-4-19(17)26-11-18(20)21(29)25-6-5-16-10-24-12-27-16/h3-4,7-13,22H,5-6,23H2,1-2H3,(H,24,27)(H,25,29)(H,26,28)/b15-9+,22-8?. The Hall–Kier alpha value is -3.68. The highest BCUT2D eigenvalue weighted by atomic mass is 16.1. The van der Waals surface area contributed by atoms with Crippen LogP contribution in [-0.4, -0.2) is 39.7 Å². The number of H-pyrrole nitrogens is 1. The number of nitrogens with two attached hydrogens (primary N) is 1. The van der Waals surface area contributed by atoms with Gasteiger partial charge >= 0.3 is 0 Å². The second kappa shape index (κ2) is 9.01. The summed E-state index contributed by atoms with van der Waals surface area (Å²) < 4.78 is 0. The number of fused-ring (bicyclic) bond motifs is 1. The van der Waals surface area contributed by atoms with Crippen molar-refractivity contribution < 1.29 is 4.79 Å². The van der Waals surface area contributed by atoms with Crippen LogP contribution in [0.1, 0.15) is 35.5 Å². The first-order valence-corrected chi connectivity index (χ1v) is 9.41. The van der Waals surface area contributed by atoms with Gasteiger partial charge in [0.2, 0.25) is 0 Å². The Morgan fingerprint density at radius 1 is 1.34 bits per heavy atom. The van der Waals surface area contributed by atoms with E-state index in [0.717, 1.165) is 22.2 Å². The van der Waals surface area contributed by atoms with Gasteiger partial charge in [-0.1, -0.05) is 6.07 Å². The zero-order valence-electron chi connectivity index (χ0n) is 16.5. The van der Waals surface area contributed by atoms with Crippen LogP contribution < -0.4 is 16.4 Å². The largest absolute Gasteiger partial charge is 0.404 e. The van der Waals surface area contributed by atoms with Crippen LogP contribution in [0.3, 0.4) is 0 Å². The predicted octanol–water partition coefficient (Wildman–Crippen LogP) is 2.70. The zero-order valence-corrected chi connectivity index (χ0v) is 16.5. The monoisotopic (exact) mass is 391 g/mol. The summed E-state index contributed by atoms with van der Waals surface area (Å²) in [4.78, 5) is 24.4. The Morgan fingerprint density at radius 3 is 2.83 bits per heavy atom. The number of aromatic nitrogens is 3. The van der Waals surface area contributed by atoms with E-state index < -0.39 is 0 Å². The van der Waals surface area contributed by atoms with Gasteiger partial charge in [-0.3, -0.25) is 9.78 Å². The number of anilines is 1. The molecule has 1 aromatic carbocycles. The Kier molecular flexibility index (Phi) is 6.23. The smallest absolute Gasteiger partial charge is 0.254 e. The van der Waals surface area contributed by atoms with Crippen molar-refractivity contribution in [2.24, 2.45) is 5.73 Å². The Bertz CT molecular complexity index is 1040. The summed E-state index contributed by atoms with van der Waals surface area (Å²) in [6.45, 7) is 4.49. The number of nitrogens with one attached hydrogen (secondary N) is 4. The lowest BCUT2D eigenvalue weighted by molar-refractivity contribution is 0.0954. The van der Waals surface area contributed by atoms with E-state index in [0.29, 0.717) is 29.8 Å². The lowest BCUT2D eigenvalue weighted by Gasteiger charge is -2.17. The molecule has 0 aliphatic carbocycles. The average molecular weight is 391 g/mol. The van der Waals surface area contributed by atoms with Crippen LogP contribution in [0.5, 0.6) is 0 Å². The quantitative estimate of drug-likeness (QED) is 0.377. The Labute approximate surface area is 169 Å². The fourth-order valence-electron chi connectivity index (χ4n) is 3.04. The molecule has 0 unspecified atom stereocenters. The Balaban J connectivity index is 1.96. The molecular formula is C21H25N7O. The van der Waals surface area contributed by atoms with Gasteiger partial charge in [0.25, 0.3) is 5.91 Å². The summed E-state index contributed by atoms with van der Waals surface area (Å²) in [6.07, 6.45) is 8.25. The molecule has 2 heterocycles. The second-order valence-corrected chi connectivity index (χ2v) is 6.91. The van der Waals surface area contributed by atoms with Crippen LogP contribution in [0, 0.1) is 5.41 Å². The molecule has 0 aliphatic heterocycles. The summed E-state index contributed by atoms with van der Waals surface area (Å²) >= 11 is 0. The third kappa shape index (κ3) is 4.60. The van der Waals surface area contributed by atoms with Gasteiger partial charge in [-0.25, -0.2) is 4.98 Å². The number of rotatable bonds is 8. The molecule has 6 N–H and O–H groups in total. The summed E-state index contributed by atoms with van der Waals surface area (Å²) in [6, 6.07) is 5.74. The highest BCUT2D eigenvalue weighted by Crippen LogP contribution is 2.29. The molecule has 8 nitrogen and oxygen atoms in total. The molecule has 0 aliphatic rings. The highest BCUT2D eigenvalue weighted by molar-refractivity contribution is 6.11.